The van der Waals surface area contributed by atoms with Crippen molar-refractivity contribution < 1.29 is 40.7 Å². The van der Waals surface area contributed by atoms with Crippen molar-refractivity contribution in [2.45, 2.75) is 105 Å². The number of carbonyl (C=O) groups excluding carboxylic acids is 3. The monoisotopic (exact) mass is 752 g/mol. The number of amides is 3. The first-order chi connectivity index (χ1) is 25.3. The quantitative estimate of drug-likeness (QED) is 0.293. The van der Waals surface area contributed by atoms with Gasteiger partial charge in [-0.15, -0.1) is 0 Å². The number of ether oxygens (including phenoxy) is 1. The van der Waals surface area contributed by atoms with Crippen LogP contribution in [0, 0.1) is 5.92 Å². The Morgan fingerprint density at radius 1 is 1.04 bits per heavy atom. The van der Waals surface area contributed by atoms with Gasteiger partial charge in [-0.25, -0.2) is 22.2 Å². The maximum absolute atomic E-state index is 15.2. The first-order valence-electron chi connectivity index (χ1n) is 18.2. The van der Waals surface area contributed by atoms with Crippen LogP contribution in [0.15, 0.2) is 64.0 Å². The summed E-state index contributed by atoms with van der Waals surface area (Å²) in [4.78, 5) is 47.9. The zero-order valence-corrected chi connectivity index (χ0v) is 29.7. The number of anilines is 1. The van der Waals surface area contributed by atoms with Gasteiger partial charge in [-0.1, -0.05) is 43.2 Å². The minimum Gasteiger partial charge on any atom is -0.474 e. The molecule has 2 saturated heterocycles. The second kappa shape index (κ2) is 13.4. The molecule has 3 aliphatic heterocycles. The fraction of sp³-hybridized carbons (Fsp3) is 0.514. The van der Waals surface area contributed by atoms with E-state index in [-0.39, 0.29) is 38.1 Å². The van der Waals surface area contributed by atoms with Crippen LogP contribution in [-0.4, -0.2) is 78.4 Å². The Hall–Kier alpha value is -4.57. The lowest BCUT2D eigenvalue weighted by Gasteiger charge is -2.28. The second-order valence-corrected chi connectivity index (χ2v) is 17.0. The zero-order valence-electron chi connectivity index (χ0n) is 28.9. The van der Waals surface area contributed by atoms with Crippen molar-refractivity contribution in [3.8, 4) is 0 Å². The SMILES string of the molecule is NC1CCCCCC(F)(F)CC2CC2(C(=O)NS(=O)(=O)C2CC2)NC(=O)C2CC(OC3=Nc4ccccc4NC3c3cc4ccccc4o3)CN2C1=O. The summed E-state index contributed by atoms with van der Waals surface area (Å²) in [6, 6.07) is 14.0. The Kier molecular flexibility index (Phi) is 8.95. The summed E-state index contributed by atoms with van der Waals surface area (Å²) in [7, 11) is -4.04. The predicted molar refractivity (Wildman–Crippen MR) is 191 cm³/mol. The molecule has 2 aromatic carbocycles. The number of carbonyl (C=O) groups is 3. The number of para-hydroxylation sites is 3. The largest absolute Gasteiger partial charge is 0.474 e. The summed E-state index contributed by atoms with van der Waals surface area (Å²) in [6.45, 7) is -0.0467. The molecule has 13 nitrogen and oxygen atoms in total. The molecule has 5 N–H and O–H groups in total. The zero-order chi connectivity index (χ0) is 37.1. The molecule has 0 radical (unpaired) electrons. The second-order valence-electron chi connectivity index (χ2n) is 15.0. The number of nitrogens with zero attached hydrogens (tertiary/aromatic N) is 2. The molecule has 2 aliphatic carbocycles. The standard InChI is InChI=1S/C37H42F2N6O7S/c38-36(39)15-7-1-2-9-25(40)34(47)45-20-23(17-28(45)32(46)43-37(19-22(37)18-36)35(48)44-53(49,50)24-13-14-24)51-33-31(41-26-10-4-5-11-27(26)42-33)30-16-21-8-3-6-12-29(21)52-30/h3-6,8,10-12,16,22-25,28,31,41H,1-2,7,9,13-15,17-20,40H2,(H,43,46)(H,44,48). The third-order valence-corrected chi connectivity index (χ3v) is 12.8. The summed E-state index contributed by atoms with van der Waals surface area (Å²) < 4.78 is 70.7. The molecular weight excluding hydrogens is 711 g/mol. The van der Waals surface area contributed by atoms with E-state index in [1.807, 2.05) is 54.6 Å². The molecule has 0 bridgehead atoms. The van der Waals surface area contributed by atoms with Gasteiger partial charge in [0.2, 0.25) is 33.7 Å². The van der Waals surface area contributed by atoms with Crippen LogP contribution in [0.1, 0.15) is 76.0 Å². The Bertz CT molecular complexity index is 2050. The molecule has 2 saturated carbocycles. The summed E-state index contributed by atoms with van der Waals surface area (Å²) in [5.74, 6) is -5.70. The smallest absolute Gasteiger partial charge is 0.259 e. The number of hydrogen-bond donors (Lipinski definition) is 4. The number of nitrogens with two attached hydrogens (primary N) is 1. The third kappa shape index (κ3) is 7.10. The van der Waals surface area contributed by atoms with Crippen LogP contribution in [0.25, 0.3) is 11.0 Å². The Balaban J connectivity index is 1.09. The predicted octanol–water partition coefficient (Wildman–Crippen LogP) is 4.42. The molecule has 3 aromatic rings. The van der Waals surface area contributed by atoms with Crippen molar-refractivity contribution in [1.82, 2.24) is 14.9 Å². The summed E-state index contributed by atoms with van der Waals surface area (Å²) >= 11 is 0. The number of benzene rings is 2. The van der Waals surface area contributed by atoms with Crippen molar-refractivity contribution in [2.24, 2.45) is 16.6 Å². The summed E-state index contributed by atoms with van der Waals surface area (Å²) in [6.07, 6.45) is -0.0743. The number of hydrogen-bond acceptors (Lipinski definition) is 10. The minimum atomic E-state index is -4.04. The van der Waals surface area contributed by atoms with E-state index in [1.165, 1.54) is 4.90 Å². The van der Waals surface area contributed by atoms with Crippen molar-refractivity contribution in [3.05, 3.63) is 60.4 Å². The van der Waals surface area contributed by atoms with Crippen LogP contribution < -0.4 is 21.1 Å². The molecule has 4 fully saturated rings. The van der Waals surface area contributed by atoms with E-state index >= 15 is 8.78 Å². The highest BCUT2D eigenvalue weighted by atomic mass is 32.2. The third-order valence-electron chi connectivity index (χ3n) is 11.0. The highest BCUT2D eigenvalue weighted by Gasteiger charge is 2.65. The van der Waals surface area contributed by atoms with E-state index < -0.39 is 87.4 Å². The van der Waals surface area contributed by atoms with E-state index in [0.29, 0.717) is 42.7 Å². The Morgan fingerprint density at radius 2 is 1.81 bits per heavy atom. The van der Waals surface area contributed by atoms with Crippen LogP contribution in [0.5, 0.6) is 0 Å². The number of aliphatic imine (C=N–C) groups is 1. The van der Waals surface area contributed by atoms with Crippen LogP contribution in [0.2, 0.25) is 0 Å². The van der Waals surface area contributed by atoms with Crippen molar-refractivity contribution in [2.75, 3.05) is 11.9 Å². The van der Waals surface area contributed by atoms with Crippen LogP contribution in [0.4, 0.5) is 20.2 Å². The maximum atomic E-state index is 15.2. The van der Waals surface area contributed by atoms with Gasteiger partial charge >= 0.3 is 0 Å². The van der Waals surface area contributed by atoms with E-state index in [0.717, 1.165) is 11.1 Å². The highest BCUT2D eigenvalue weighted by Crippen LogP contribution is 2.51. The Morgan fingerprint density at radius 3 is 2.60 bits per heavy atom. The van der Waals surface area contributed by atoms with Crippen molar-refractivity contribution in [3.63, 3.8) is 0 Å². The molecule has 6 atom stereocenters. The van der Waals surface area contributed by atoms with Gasteiger partial charge < -0.3 is 30.4 Å². The molecule has 1 aromatic heterocycles. The molecule has 8 rings (SSSR count). The molecule has 0 spiro atoms. The van der Waals surface area contributed by atoms with Gasteiger partial charge in [-0.05, 0) is 62.3 Å². The number of furan rings is 1. The van der Waals surface area contributed by atoms with Crippen molar-refractivity contribution >= 4 is 56.0 Å². The van der Waals surface area contributed by atoms with E-state index in [1.54, 1.807) is 0 Å². The Labute approximate surface area is 305 Å². The average molecular weight is 753 g/mol. The van der Waals surface area contributed by atoms with Gasteiger partial charge in [-0.3, -0.25) is 19.1 Å². The fourth-order valence-electron chi connectivity index (χ4n) is 7.84. The van der Waals surface area contributed by atoms with Gasteiger partial charge in [0.15, 0.2) is 6.04 Å². The average Bonchev–Trinajstić information content (AvgIpc) is 4.00. The van der Waals surface area contributed by atoms with Gasteiger partial charge in [-0.2, -0.15) is 0 Å². The molecule has 5 aliphatic rings. The molecule has 16 heteroatoms. The number of fused-ring (bicyclic) bond motifs is 4. The van der Waals surface area contributed by atoms with Gasteiger partial charge in [0.25, 0.3) is 5.91 Å². The highest BCUT2D eigenvalue weighted by molar-refractivity contribution is 7.91. The normalized spacial score (nSPS) is 30.4. The topological polar surface area (TPSA) is 185 Å². The van der Waals surface area contributed by atoms with Crippen LogP contribution in [-0.2, 0) is 29.1 Å². The summed E-state index contributed by atoms with van der Waals surface area (Å²) in [5, 5.41) is 6.23. The number of alkyl halides is 2. The molecule has 6 unspecified atom stereocenters. The first kappa shape index (κ1) is 35.5. The van der Waals surface area contributed by atoms with Crippen LogP contribution in [0.3, 0.4) is 0 Å². The molecule has 3 amide bonds. The first-order valence-corrected chi connectivity index (χ1v) is 19.8. The molecule has 53 heavy (non-hydrogen) atoms. The lowest BCUT2D eigenvalue weighted by Crippen LogP contribution is -2.58. The van der Waals surface area contributed by atoms with E-state index in [4.69, 9.17) is 19.9 Å². The van der Waals surface area contributed by atoms with E-state index in [2.05, 4.69) is 15.4 Å². The van der Waals surface area contributed by atoms with Gasteiger partial charge in [0.1, 0.15) is 29.0 Å². The molecule has 4 heterocycles. The minimum absolute atomic E-state index is 0.0310. The number of rotatable bonds is 5. The maximum Gasteiger partial charge on any atom is 0.259 e. The molecular formula is C37H42F2N6O7S. The number of nitrogens with one attached hydrogen (secondary N) is 3. The lowest BCUT2D eigenvalue weighted by atomic mass is 10.0. The fourth-order valence-corrected chi connectivity index (χ4v) is 9.21. The molecule has 282 valence electrons. The van der Waals surface area contributed by atoms with Gasteiger partial charge in [0, 0.05) is 24.6 Å². The van der Waals surface area contributed by atoms with Crippen molar-refractivity contribution in [1.29, 1.82) is 0 Å². The van der Waals surface area contributed by atoms with Crippen LogP contribution >= 0.6 is 0 Å². The lowest BCUT2D eigenvalue weighted by molar-refractivity contribution is -0.140. The van der Waals surface area contributed by atoms with E-state index in [9.17, 15) is 22.8 Å². The summed E-state index contributed by atoms with van der Waals surface area (Å²) in [5.41, 5.74) is 6.51. The number of halogens is 2. The van der Waals surface area contributed by atoms with Gasteiger partial charge in [0.05, 0.1) is 29.2 Å². The number of sulfonamides is 1.